The predicted octanol–water partition coefficient (Wildman–Crippen LogP) is 2.21. The fourth-order valence-electron chi connectivity index (χ4n) is 1.16. The number of rotatable bonds is 3. The Bertz CT molecular complexity index is 541. The molecular formula is C11H9ClN4O. The monoisotopic (exact) mass is 248 g/mol. The zero-order chi connectivity index (χ0) is 12.3. The van der Waals surface area contributed by atoms with Crippen LogP contribution in [-0.2, 0) is 0 Å². The summed E-state index contributed by atoms with van der Waals surface area (Å²) in [4.78, 5) is 7.90. The van der Waals surface area contributed by atoms with Gasteiger partial charge in [-0.05, 0) is 18.2 Å². The molecule has 0 aliphatic rings. The summed E-state index contributed by atoms with van der Waals surface area (Å²) in [5, 5.41) is 7.75. The molecule has 0 amide bonds. The van der Waals surface area contributed by atoms with Crippen molar-refractivity contribution in [1.82, 2.24) is 9.97 Å². The molecule has 0 atom stereocenters. The number of amidine groups is 1. The molecule has 2 rings (SSSR count). The van der Waals surface area contributed by atoms with Crippen molar-refractivity contribution in [3.63, 3.8) is 0 Å². The number of benzene rings is 1. The van der Waals surface area contributed by atoms with Crippen molar-refractivity contribution in [2.45, 2.75) is 0 Å². The fraction of sp³-hybridized carbons (Fsp3) is 0. The second-order valence-corrected chi connectivity index (χ2v) is 3.65. The van der Waals surface area contributed by atoms with Gasteiger partial charge in [0.2, 0.25) is 5.88 Å². The van der Waals surface area contributed by atoms with Crippen LogP contribution in [0, 0.1) is 5.41 Å². The number of nitrogens with one attached hydrogen (secondary N) is 1. The van der Waals surface area contributed by atoms with E-state index in [-0.39, 0.29) is 5.84 Å². The molecule has 3 N–H and O–H groups in total. The minimum Gasteiger partial charge on any atom is -0.437 e. The molecule has 2 aromatic rings. The Morgan fingerprint density at radius 1 is 1.29 bits per heavy atom. The van der Waals surface area contributed by atoms with Gasteiger partial charge in [-0.15, -0.1) is 0 Å². The van der Waals surface area contributed by atoms with Crippen molar-refractivity contribution in [1.29, 1.82) is 5.41 Å². The maximum absolute atomic E-state index is 7.17. The molecule has 0 aliphatic heterocycles. The van der Waals surface area contributed by atoms with Gasteiger partial charge in [-0.2, -0.15) is 0 Å². The van der Waals surface area contributed by atoms with Gasteiger partial charge in [-0.3, -0.25) is 5.41 Å². The van der Waals surface area contributed by atoms with Gasteiger partial charge < -0.3 is 10.5 Å². The van der Waals surface area contributed by atoms with E-state index in [4.69, 9.17) is 27.5 Å². The molecule has 5 nitrogen and oxygen atoms in total. The van der Waals surface area contributed by atoms with Gasteiger partial charge in [0, 0.05) is 5.02 Å². The molecule has 0 bridgehead atoms. The molecule has 0 saturated carbocycles. The SMILES string of the molecule is N=C(N)c1cnc(Oc2cccc(Cl)c2)cn1. The van der Waals surface area contributed by atoms with E-state index in [1.165, 1.54) is 12.4 Å². The lowest BCUT2D eigenvalue weighted by Crippen LogP contribution is -2.13. The lowest BCUT2D eigenvalue weighted by Gasteiger charge is -2.04. The van der Waals surface area contributed by atoms with Gasteiger partial charge >= 0.3 is 0 Å². The Labute approximate surface area is 103 Å². The molecule has 0 saturated heterocycles. The normalized spacial score (nSPS) is 9.94. The molecule has 0 fully saturated rings. The van der Waals surface area contributed by atoms with Crippen LogP contribution in [0.5, 0.6) is 11.6 Å². The minimum atomic E-state index is -0.133. The number of nitrogens with two attached hydrogens (primary N) is 1. The smallest absolute Gasteiger partial charge is 0.237 e. The second-order valence-electron chi connectivity index (χ2n) is 3.21. The number of hydrogen-bond donors (Lipinski definition) is 2. The molecule has 0 radical (unpaired) electrons. The summed E-state index contributed by atoms with van der Waals surface area (Å²) in [5.74, 6) is 0.756. The molecule has 1 heterocycles. The molecule has 86 valence electrons. The van der Waals surface area contributed by atoms with E-state index in [2.05, 4.69) is 9.97 Å². The first kappa shape index (κ1) is 11.3. The van der Waals surface area contributed by atoms with Crippen LogP contribution in [0.25, 0.3) is 0 Å². The van der Waals surface area contributed by atoms with Crippen LogP contribution in [0.3, 0.4) is 0 Å². The van der Waals surface area contributed by atoms with Crippen LogP contribution in [0.1, 0.15) is 5.69 Å². The Morgan fingerprint density at radius 2 is 2.12 bits per heavy atom. The van der Waals surface area contributed by atoms with Crippen LogP contribution < -0.4 is 10.5 Å². The maximum Gasteiger partial charge on any atom is 0.237 e. The van der Waals surface area contributed by atoms with Crippen molar-refractivity contribution >= 4 is 17.4 Å². The number of ether oxygens (including phenoxy) is 1. The molecule has 0 unspecified atom stereocenters. The quantitative estimate of drug-likeness (QED) is 0.644. The van der Waals surface area contributed by atoms with E-state index in [9.17, 15) is 0 Å². The van der Waals surface area contributed by atoms with E-state index < -0.39 is 0 Å². The number of hydrogen-bond acceptors (Lipinski definition) is 4. The van der Waals surface area contributed by atoms with Crippen LogP contribution in [0.2, 0.25) is 5.02 Å². The first-order valence-corrected chi connectivity index (χ1v) is 5.13. The van der Waals surface area contributed by atoms with Crippen molar-refractivity contribution in [3.05, 3.63) is 47.4 Å². The summed E-state index contributed by atoms with van der Waals surface area (Å²) >= 11 is 5.82. The zero-order valence-corrected chi connectivity index (χ0v) is 9.48. The Hall–Kier alpha value is -2.14. The summed E-state index contributed by atoms with van der Waals surface area (Å²) in [7, 11) is 0. The largest absolute Gasteiger partial charge is 0.437 e. The van der Waals surface area contributed by atoms with Gasteiger partial charge in [-0.25, -0.2) is 9.97 Å². The van der Waals surface area contributed by atoms with E-state index in [0.29, 0.717) is 22.3 Å². The summed E-state index contributed by atoms with van der Waals surface area (Å²) in [6, 6.07) is 6.95. The Kier molecular flexibility index (Phi) is 3.20. The van der Waals surface area contributed by atoms with Crippen molar-refractivity contribution in [2.24, 2.45) is 5.73 Å². The third-order valence-corrected chi connectivity index (χ3v) is 2.16. The van der Waals surface area contributed by atoms with Crippen LogP contribution in [0.15, 0.2) is 36.7 Å². The number of nitrogens with zero attached hydrogens (tertiary/aromatic N) is 2. The third-order valence-electron chi connectivity index (χ3n) is 1.92. The van der Waals surface area contributed by atoms with E-state index in [0.717, 1.165) is 0 Å². The number of nitrogen functional groups attached to an aromatic ring is 1. The molecule has 6 heteroatoms. The zero-order valence-electron chi connectivity index (χ0n) is 8.72. The van der Waals surface area contributed by atoms with E-state index in [1.807, 2.05) is 0 Å². The summed E-state index contributed by atoms with van der Waals surface area (Å²) in [6.07, 6.45) is 2.78. The minimum absolute atomic E-state index is 0.133. The maximum atomic E-state index is 7.17. The van der Waals surface area contributed by atoms with Gasteiger partial charge in [0.15, 0.2) is 0 Å². The summed E-state index contributed by atoms with van der Waals surface area (Å²) in [5.41, 5.74) is 5.57. The molecular weight excluding hydrogens is 240 g/mol. The number of halogens is 1. The average Bonchev–Trinajstić information content (AvgIpc) is 2.29. The van der Waals surface area contributed by atoms with Gasteiger partial charge in [0.25, 0.3) is 0 Å². The Balaban J connectivity index is 2.16. The highest BCUT2D eigenvalue weighted by Gasteiger charge is 2.02. The summed E-state index contributed by atoms with van der Waals surface area (Å²) < 4.78 is 5.42. The lowest BCUT2D eigenvalue weighted by molar-refractivity contribution is 0.460. The summed E-state index contributed by atoms with van der Waals surface area (Å²) in [6.45, 7) is 0. The van der Waals surface area contributed by atoms with Crippen molar-refractivity contribution in [2.75, 3.05) is 0 Å². The van der Waals surface area contributed by atoms with E-state index >= 15 is 0 Å². The molecule has 1 aromatic carbocycles. The first-order chi connectivity index (χ1) is 8.15. The average molecular weight is 249 g/mol. The fourth-order valence-corrected chi connectivity index (χ4v) is 1.34. The van der Waals surface area contributed by atoms with Gasteiger partial charge in [0.1, 0.15) is 17.3 Å². The lowest BCUT2D eigenvalue weighted by atomic mass is 10.3. The topological polar surface area (TPSA) is 84.9 Å². The second kappa shape index (κ2) is 4.80. The first-order valence-electron chi connectivity index (χ1n) is 4.75. The van der Waals surface area contributed by atoms with E-state index in [1.54, 1.807) is 24.3 Å². The highest BCUT2D eigenvalue weighted by Crippen LogP contribution is 2.21. The van der Waals surface area contributed by atoms with Crippen LogP contribution in [0.4, 0.5) is 0 Å². The standard InChI is InChI=1S/C11H9ClN4O/c12-7-2-1-3-8(4-7)17-10-6-15-9(5-16-10)11(13)14/h1-6H,(H3,13,14). The highest BCUT2D eigenvalue weighted by molar-refractivity contribution is 6.30. The molecule has 0 spiro atoms. The predicted molar refractivity (Wildman–Crippen MR) is 64.6 cm³/mol. The van der Waals surface area contributed by atoms with Crippen LogP contribution in [-0.4, -0.2) is 15.8 Å². The number of aromatic nitrogens is 2. The van der Waals surface area contributed by atoms with Crippen molar-refractivity contribution < 1.29 is 4.74 Å². The van der Waals surface area contributed by atoms with Gasteiger partial charge in [0.05, 0.1) is 12.4 Å². The molecule has 17 heavy (non-hydrogen) atoms. The van der Waals surface area contributed by atoms with Crippen molar-refractivity contribution in [3.8, 4) is 11.6 Å². The van der Waals surface area contributed by atoms with Crippen LogP contribution >= 0.6 is 11.6 Å². The molecule has 0 aliphatic carbocycles. The molecule has 1 aromatic heterocycles. The highest BCUT2D eigenvalue weighted by atomic mass is 35.5. The van der Waals surface area contributed by atoms with Gasteiger partial charge in [-0.1, -0.05) is 17.7 Å². The third kappa shape index (κ3) is 2.92. The Morgan fingerprint density at radius 3 is 2.71 bits per heavy atom.